The number of hydrogen-bond acceptors (Lipinski definition) is 10. The number of imide groups is 2. The summed E-state index contributed by atoms with van der Waals surface area (Å²) in [6.45, 7) is 18.8. The molecular weight excluding hydrogens is 741 g/mol. The molecule has 0 bridgehead atoms. The fourth-order valence-electron chi connectivity index (χ4n) is 7.78. The Morgan fingerprint density at radius 2 is 1.00 bits per heavy atom. The summed E-state index contributed by atoms with van der Waals surface area (Å²) < 4.78 is 21.4. The van der Waals surface area contributed by atoms with Gasteiger partial charge in [-0.05, 0) is 103 Å². The molecule has 2 aliphatic heterocycles. The number of ether oxygens (including phenoxy) is 4. The summed E-state index contributed by atoms with van der Waals surface area (Å²) in [6.07, 6.45) is 5.29. The molecule has 0 spiro atoms. The zero-order valence-electron chi connectivity index (χ0n) is 34.6. The molecule has 2 unspecified atom stereocenters. The summed E-state index contributed by atoms with van der Waals surface area (Å²) in [4.78, 5) is 78.4. The zero-order chi connectivity index (χ0) is 42.4. The number of carbonyl (C=O) groups is 6. The number of rotatable bonds is 14. The van der Waals surface area contributed by atoms with E-state index in [2.05, 4.69) is 13.2 Å². The van der Waals surface area contributed by atoms with Gasteiger partial charge in [0, 0.05) is 11.8 Å². The first-order chi connectivity index (χ1) is 27.4. The van der Waals surface area contributed by atoms with Gasteiger partial charge in [-0.15, -0.1) is 13.2 Å². The molecule has 0 N–H and O–H groups in total. The highest BCUT2D eigenvalue weighted by atomic mass is 16.6. The predicted octanol–water partition coefficient (Wildman–Crippen LogP) is 7.49. The lowest BCUT2D eigenvalue weighted by Gasteiger charge is -2.24. The molecule has 12 heteroatoms. The van der Waals surface area contributed by atoms with Crippen molar-refractivity contribution in [3.8, 4) is 0 Å². The molecule has 312 valence electrons. The van der Waals surface area contributed by atoms with Crippen LogP contribution in [0.25, 0.3) is 0 Å². The molecule has 6 rings (SSSR count). The van der Waals surface area contributed by atoms with Crippen LogP contribution in [0.5, 0.6) is 0 Å². The van der Waals surface area contributed by atoms with E-state index in [1.807, 2.05) is 102 Å². The number of nitrogens with zero attached hydrogens (tertiary/aromatic N) is 2. The second-order valence-corrected chi connectivity index (χ2v) is 17.6. The van der Waals surface area contributed by atoms with Crippen LogP contribution in [-0.4, -0.2) is 82.2 Å². The Labute approximate surface area is 341 Å². The van der Waals surface area contributed by atoms with E-state index in [9.17, 15) is 28.8 Å². The van der Waals surface area contributed by atoms with Crippen molar-refractivity contribution in [2.24, 2.45) is 35.5 Å². The van der Waals surface area contributed by atoms with Crippen LogP contribution in [0.1, 0.15) is 78.4 Å². The molecule has 4 aliphatic rings. The highest BCUT2D eigenvalue weighted by molar-refractivity contribution is 5.97. The summed E-state index contributed by atoms with van der Waals surface area (Å²) in [5.74, 6) is -2.99. The maximum absolute atomic E-state index is 13.1. The molecule has 4 amide bonds. The van der Waals surface area contributed by atoms with Gasteiger partial charge in [-0.1, -0.05) is 72.8 Å². The Balaban J connectivity index is 0.000000221. The van der Waals surface area contributed by atoms with Crippen molar-refractivity contribution in [3.63, 3.8) is 0 Å². The maximum Gasteiger partial charge on any atom is 0.416 e. The summed E-state index contributed by atoms with van der Waals surface area (Å²) >= 11 is 0. The molecule has 0 aromatic heterocycles. The monoisotopic (exact) mass is 798 g/mol. The van der Waals surface area contributed by atoms with Crippen molar-refractivity contribution < 1.29 is 47.7 Å². The average Bonchev–Trinajstić information content (AvgIpc) is 4.06. The van der Waals surface area contributed by atoms with Gasteiger partial charge in [-0.3, -0.25) is 19.2 Å². The van der Waals surface area contributed by atoms with Crippen molar-refractivity contribution in [1.29, 1.82) is 0 Å². The van der Waals surface area contributed by atoms with Gasteiger partial charge >= 0.3 is 24.1 Å². The molecule has 4 fully saturated rings. The van der Waals surface area contributed by atoms with E-state index in [4.69, 9.17) is 18.9 Å². The Bertz CT molecular complexity index is 1700. The lowest BCUT2D eigenvalue weighted by Crippen LogP contribution is -2.41. The van der Waals surface area contributed by atoms with E-state index in [1.165, 1.54) is 9.80 Å². The van der Waals surface area contributed by atoms with Crippen molar-refractivity contribution in [1.82, 2.24) is 9.80 Å². The van der Waals surface area contributed by atoms with E-state index in [-0.39, 0.29) is 72.7 Å². The van der Waals surface area contributed by atoms with E-state index in [1.54, 1.807) is 12.2 Å². The summed E-state index contributed by atoms with van der Waals surface area (Å²) in [7, 11) is 0. The molecule has 2 aromatic carbocycles. The highest BCUT2D eigenvalue weighted by Crippen LogP contribution is 2.49. The van der Waals surface area contributed by atoms with Crippen LogP contribution in [0.15, 0.2) is 86.0 Å². The van der Waals surface area contributed by atoms with Crippen LogP contribution in [-0.2, 0) is 51.0 Å². The predicted molar refractivity (Wildman–Crippen MR) is 216 cm³/mol. The minimum atomic E-state index is -0.598. The van der Waals surface area contributed by atoms with Gasteiger partial charge in [0.05, 0.1) is 23.9 Å². The number of carbonyl (C=O) groups excluding carboxylic acids is 6. The van der Waals surface area contributed by atoms with Crippen LogP contribution in [0.3, 0.4) is 0 Å². The first kappa shape index (κ1) is 43.9. The van der Waals surface area contributed by atoms with Crippen molar-refractivity contribution >= 4 is 35.9 Å². The van der Waals surface area contributed by atoms with Crippen LogP contribution in [0.2, 0.25) is 0 Å². The Hall–Kier alpha value is -5.26. The van der Waals surface area contributed by atoms with Gasteiger partial charge in [-0.25, -0.2) is 19.4 Å². The van der Waals surface area contributed by atoms with Crippen LogP contribution in [0, 0.1) is 35.5 Å². The average molecular weight is 799 g/mol. The number of hydrogen-bond donors (Lipinski definition) is 0. The summed E-state index contributed by atoms with van der Waals surface area (Å²) in [6, 6.07) is 18.8. The second-order valence-electron chi connectivity index (χ2n) is 17.6. The van der Waals surface area contributed by atoms with E-state index >= 15 is 0 Å². The molecule has 0 radical (unpaired) electrons. The smallest absolute Gasteiger partial charge is 0.416 e. The van der Waals surface area contributed by atoms with Gasteiger partial charge < -0.3 is 18.9 Å². The molecule has 2 saturated carbocycles. The first-order valence-corrected chi connectivity index (χ1v) is 20.2. The Morgan fingerprint density at radius 3 is 1.31 bits per heavy atom. The van der Waals surface area contributed by atoms with Crippen LogP contribution < -0.4 is 0 Å². The number of amides is 4. The normalized spacial score (nSPS) is 24.6. The van der Waals surface area contributed by atoms with E-state index in [0.717, 1.165) is 11.1 Å². The molecule has 2 heterocycles. The third kappa shape index (κ3) is 11.4. The number of benzene rings is 2. The third-order valence-corrected chi connectivity index (χ3v) is 10.6. The highest BCUT2D eigenvalue weighted by Gasteiger charge is 2.56. The van der Waals surface area contributed by atoms with Gasteiger partial charge in [0.25, 0.3) is 0 Å². The van der Waals surface area contributed by atoms with Crippen molar-refractivity contribution in [3.05, 3.63) is 97.1 Å². The Kier molecular flexibility index (Phi) is 14.0. The molecule has 2 saturated heterocycles. The van der Waals surface area contributed by atoms with Gasteiger partial charge in [0.15, 0.2) is 0 Å². The molecule has 58 heavy (non-hydrogen) atoms. The largest absolute Gasteiger partial charge is 0.460 e. The number of cyclic esters (lactones) is 2. The second kappa shape index (κ2) is 18.6. The lowest BCUT2D eigenvalue weighted by molar-refractivity contribution is -0.162. The minimum absolute atomic E-state index is 0.138. The first-order valence-electron chi connectivity index (χ1n) is 20.2. The lowest BCUT2D eigenvalue weighted by atomic mass is 9.97. The fourth-order valence-corrected chi connectivity index (χ4v) is 7.78. The van der Waals surface area contributed by atoms with Crippen molar-refractivity contribution in [2.75, 3.05) is 13.2 Å². The fraction of sp³-hybridized carbons (Fsp3) is 0.522. The van der Waals surface area contributed by atoms with Crippen LogP contribution in [0.4, 0.5) is 9.59 Å². The van der Waals surface area contributed by atoms with E-state index < -0.39 is 35.2 Å². The quantitative estimate of drug-likeness (QED) is 0.107. The molecule has 2 aromatic rings. The minimum Gasteiger partial charge on any atom is -0.460 e. The topological polar surface area (TPSA) is 146 Å². The summed E-state index contributed by atoms with van der Waals surface area (Å²) in [5, 5.41) is 0. The van der Waals surface area contributed by atoms with E-state index in [0.29, 0.717) is 38.5 Å². The van der Waals surface area contributed by atoms with Crippen LogP contribution >= 0.6 is 0 Å². The van der Waals surface area contributed by atoms with Gasteiger partial charge in [0.2, 0.25) is 11.8 Å². The standard InChI is InChI=1S/2C23H29NO5/c2*1-5-9-17(21(26)29-23(2,3)4)18-13-19(18)20(25)24-16(14-28-22(24)27)12-15-10-7-6-8-11-15/h2*5-8,10-11,16-19H,1,9,12-14H2,2-4H3/t16-,17+,18-,19?;16-,17-,18+,19?/m11/s1. The molecular formula is C46H58N2O10. The number of esters is 2. The molecule has 2 aliphatic carbocycles. The molecule has 8 atom stereocenters. The van der Waals surface area contributed by atoms with Gasteiger partial charge in [0.1, 0.15) is 24.4 Å². The number of allylic oxidation sites excluding steroid dienone is 2. The van der Waals surface area contributed by atoms with Gasteiger partial charge in [-0.2, -0.15) is 0 Å². The Morgan fingerprint density at radius 1 is 0.655 bits per heavy atom. The maximum atomic E-state index is 13.1. The zero-order valence-corrected chi connectivity index (χ0v) is 34.6. The molecule has 12 nitrogen and oxygen atoms in total. The van der Waals surface area contributed by atoms with Crippen molar-refractivity contribution in [2.45, 2.75) is 103 Å². The third-order valence-electron chi connectivity index (χ3n) is 10.6. The summed E-state index contributed by atoms with van der Waals surface area (Å²) in [5.41, 5.74) is 0.896. The SMILES string of the molecule is C=CC[C@@H](C(=O)OC(C)(C)C)[C@@H]1CC1C(=O)N1C(=O)OC[C@H]1Cc1ccccc1.C=CC[C@H](C(=O)OC(C)(C)C)[C@H]1CC1C(=O)N1C(=O)OC[C@H]1Cc1ccccc1.